The Labute approximate surface area is 269 Å². The molecule has 1 fully saturated rings. The van der Waals surface area contributed by atoms with Crippen LogP contribution in [0.25, 0.3) is 22.0 Å². The molecule has 1 atom stereocenters. The molecule has 6 rings (SSSR count). The predicted molar refractivity (Wildman–Crippen MR) is 179 cm³/mol. The van der Waals surface area contributed by atoms with Crippen molar-refractivity contribution in [2.24, 2.45) is 7.05 Å². The van der Waals surface area contributed by atoms with Gasteiger partial charge in [-0.15, -0.1) is 0 Å². The Morgan fingerprint density at radius 2 is 1.89 bits per heavy atom. The topological polar surface area (TPSA) is 119 Å². The van der Waals surface area contributed by atoms with Crippen molar-refractivity contribution < 1.29 is 14.3 Å². The Morgan fingerprint density at radius 1 is 1.02 bits per heavy atom. The van der Waals surface area contributed by atoms with Gasteiger partial charge in [0.15, 0.2) is 0 Å². The molecule has 2 N–H and O–H groups in total. The van der Waals surface area contributed by atoms with Gasteiger partial charge in [-0.05, 0) is 76.4 Å². The molecule has 0 bridgehead atoms. The van der Waals surface area contributed by atoms with Crippen LogP contribution in [0.5, 0.6) is 11.6 Å². The summed E-state index contributed by atoms with van der Waals surface area (Å²) < 4.78 is 14.0. The molecule has 5 aromatic rings. The highest BCUT2D eigenvalue weighted by Gasteiger charge is 2.28. The van der Waals surface area contributed by atoms with Crippen LogP contribution < -0.4 is 15.4 Å². The molecule has 3 aromatic heterocycles. The first-order valence-corrected chi connectivity index (χ1v) is 15.6. The first-order valence-electron chi connectivity index (χ1n) is 15.6. The lowest BCUT2D eigenvalue weighted by molar-refractivity contribution is 0.0206. The maximum atomic E-state index is 12.7. The van der Waals surface area contributed by atoms with Gasteiger partial charge in [0.25, 0.3) is 0 Å². The summed E-state index contributed by atoms with van der Waals surface area (Å²) in [7, 11) is 1.91. The summed E-state index contributed by atoms with van der Waals surface area (Å²) >= 11 is 0. The van der Waals surface area contributed by atoms with Gasteiger partial charge in [-0.3, -0.25) is 4.68 Å². The molecule has 0 spiro atoms. The largest absolute Gasteiger partial charge is 0.444 e. The average molecular weight is 621 g/mol. The zero-order valence-corrected chi connectivity index (χ0v) is 26.9. The molecule has 0 radical (unpaired) electrons. The van der Waals surface area contributed by atoms with Gasteiger partial charge in [0, 0.05) is 61.2 Å². The maximum absolute atomic E-state index is 12.7. The molecule has 1 amide bonds. The summed E-state index contributed by atoms with van der Waals surface area (Å²) in [5.74, 6) is 1.66. The minimum absolute atomic E-state index is 0.0000488. The number of nitrogens with one attached hydrogen (secondary N) is 2. The van der Waals surface area contributed by atoms with Crippen molar-refractivity contribution in [2.75, 3.05) is 23.7 Å². The van der Waals surface area contributed by atoms with Gasteiger partial charge in [-0.25, -0.2) is 19.7 Å². The van der Waals surface area contributed by atoms with Crippen LogP contribution in [0.1, 0.15) is 44.9 Å². The molecular weight excluding hydrogens is 580 g/mol. The highest BCUT2D eigenvalue weighted by molar-refractivity contribution is 5.98. The van der Waals surface area contributed by atoms with E-state index in [-0.39, 0.29) is 12.1 Å². The fourth-order valence-corrected chi connectivity index (χ4v) is 5.58. The number of carbonyl (C=O) groups is 1. The van der Waals surface area contributed by atoms with Crippen molar-refractivity contribution in [1.29, 1.82) is 0 Å². The van der Waals surface area contributed by atoms with E-state index in [9.17, 15) is 4.79 Å². The van der Waals surface area contributed by atoms with Gasteiger partial charge in [0.1, 0.15) is 11.4 Å². The van der Waals surface area contributed by atoms with Crippen LogP contribution in [-0.2, 0) is 18.3 Å². The zero-order chi connectivity index (χ0) is 32.3. The van der Waals surface area contributed by atoms with Gasteiger partial charge >= 0.3 is 6.09 Å². The predicted octanol–water partition coefficient (Wildman–Crippen LogP) is 6.95. The van der Waals surface area contributed by atoms with Crippen molar-refractivity contribution in [3.8, 4) is 22.9 Å². The van der Waals surface area contributed by atoms with Crippen molar-refractivity contribution >= 4 is 28.5 Å². The fourth-order valence-electron chi connectivity index (χ4n) is 5.58. The number of ether oxygens (including phenoxy) is 2. The standard InChI is InChI=1S/C35H40N8O3/c1-23-13-14-26-27(10-6-12-29(26)38-21-24-16-20-42(5)41-24)31(23)45-32-28(11-7-17-36-32)30-15-18-37-33(40-30)39-25-9-8-19-43(22-25)34(44)46-35(2,3)4/h6-7,10-18,20,25,38H,8-9,19,21-22H2,1-5H3,(H,37,39,40). The van der Waals surface area contributed by atoms with E-state index in [1.165, 1.54) is 0 Å². The van der Waals surface area contributed by atoms with Gasteiger partial charge in [-0.1, -0.05) is 24.3 Å². The molecule has 1 aliphatic rings. The van der Waals surface area contributed by atoms with Crippen LogP contribution in [0, 0.1) is 6.92 Å². The SMILES string of the molecule is Cc1ccc2c(NCc3ccn(C)n3)cccc2c1Oc1ncccc1-c1ccnc(NC2CCCN(C(=O)OC(C)(C)C)C2)n1. The first-order chi connectivity index (χ1) is 22.1. The lowest BCUT2D eigenvalue weighted by Crippen LogP contribution is -2.47. The van der Waals surface area contributed by atoms with Crippen molar-refractivity contribution in [2.45, 2.75) is 58.7 Å². The smallest absolute Gasteiger partial charge is 0.410 e. The van der Waals surface area contributed by atoms with E-state index in [0.717, 1.165) is 51.9 Å². The number of aromatic nitrogens is 5. The number of anilines is 2. The van der Waals surface area contributed by atoms with Crippen LogP contribution in [0.4, 0.5) is 16.4 Å². The molecule has 4 heterocycles. The molecule has 2 aromatic carbocycles. The highest BCUT2D eigenvalue weighted by atomic mass is 16.6. The lowest BCUT2D eigenvalue weighted by atomic mass is 10.0. The number of nitrogens with zero attached hydrogens (tertiary/aromatic N) is 6. The Morgan fingerprint density at radius 3 is 2.70 bits per heavy atom. The van der Waals surface area contributed by atoms with Crippen molar-refractivity contribution in [1.82, 2.24) is 29.6 Å². The maximum Gasteiger partial charge on any atom is 0.410 e. The minimum atomic E-state index is -0.539. The van der Waals surface area contributed by atoms with Gasteiger partial charge < -0.3 is 25.0 Å². The molecule has 1 saturated heterocycles. The lowest BCUT2D eigenvalue weighted by Gasteiger charge is -2.34. The second-order valence-electron chi connectivity index (χ2n) is 12.6. The van der Waals surface area contributed by atoms with Gasteiger partial charge in [-0.2, -0.15) is 5.10 Å². The van der Waals surface area contributed by atoms with E-state index in [2.05, 4.69) is 50.0 Å². The molecular formula is C35H40N8O3. The summed E-state index contributed by atoms with van der Waals surface area (Å²) in [5, 5.41) is 13.4. The van der Waals surface area contributed by atoms with Crippen LogP contribution >= 0.6 is 0 Å². The van der Waals surface area contributed by atoms with Gasteiger partial charge in [0.2, 0.25) is 11.8 Å². The fraction of sp³-hybridized carbons (Fsp3) is 0.343. The molecule has 1 aliphatic heterocycles. The number of aryl methyl sites for hydroxylation is 2. The number of hydrogen-bond donors (Lipinski definition) is 2. The zero-order valence-electron chi connectivity index (χ0n) is 26.9. The number of amides is 1. The first kappa shape index (κ1) is 30.8. The van der Waals surface area contributed by atoms with E-state index in [1.807, 2.05) is 71.3 Å². The quantitative estimate of drug-likeness (QED) is 0.190. The molecule has 1 unspecified atom stereocenters. The third-order valence-corrected chi connectivity index (χ3v) is 7.75. The number of hydrogen-bond acceptors (Lipinski definition) is 9. The number of rotatable bonds is 8. The number of piperidine rings is 1. The average Bonchev–Trinajstić information content (AvgIpc) is 3.46. The number of likely N-dealkylation sites (tertiary alicyclic amines) is 1. The van der Waals surface area contributed by atoms with Gasteiger partial charge in [0.05, 0.1) is 23.5 Å². The Balaban J connectivity index is 1.22. The highest BCUT2D eigenvalue weighted by Crippen LogP contribution is 2.38. The van der Waals surface area contributed by atoms with Crippen molar-refractivity contribution in [3.05, 3.63) is 84.4 Å². The van der Waals surface area contributed by atoms with Crippen LogP contribution in [0.15, 0.2) is 73.2 Å². The molecule has 0 saturated carbocycles. The van der Waals surface area contributed by atoms with E-state index >= 15 is 0 Å². The Bertz CT molecular complexity index is 1850. The summed E-state index contributed by atoms with van der Waals surface area (Å²) in [6, 6.07) is 18.0. The van der Waals surface area contributed by atoms with E-state index in [1.54, 1.807) is 22.0 Å². The summed E-state index contributed by atoms with van der Waals surface area (Å²) in [6.45, 7) is 9.45. The second kappa shape index (κ2) is 13.0. The number of benzene rings is 2. The number of fused-ring (bicyclic) bond motifs is 1. The van der Waals surface area contributed by atoms with E-state index < -0.39 is 5.60 Å². The number of carbonyl (C=O) groups excluding carboxylic acids is 1. The Kier molecular flexibility index (Phi) is 8.74. The summed E-state index contributed by atoms with van der Waals surface area (Å²) in [4.78, 5) is 28.3. The molecule has 238 valence electrons. The molecule has 0 aliphatic carbocycles. The Hall–Kier alpha value is -5.19. The van der Waals surface area contributed by atoms with Crippen LogP contribution in [-0.4, -0.2) is 60.5 Å². The van der Waals surface area contributed by atoms with E-state index in [4.69, 9.17) is 14.5 Å². The minimum Gasteiger partial charge on any atom is -0.444 e. The van der Waals surface area contributed by atoms with Crippen molar-refractivity contribution in [3.63, 3.8) is 0 Å². The molecule has 46 heavy (non-hydrogen) atoms. The van der Waals surface area contributed by atoms with E-state index in [0.29, 0.717) is 37.2 Å². The van der Waals surface area contributed by atoms with Crippen LogP contribution in [0.2, 0.25) is 0 Å². The monoisotopic (exact) mass is 620 g/mol. The third-order valence-electron chi connectivity index (χ3n) is 7.75. The third kappa shape index (κ3) is 7.20. The summed E-state index contributed by atoms with van der Waals surface area (Å²) in [6.07, 6.45) is 6.83. The normalized spacial score (nSPS) is 15.1. The molecule has 11 heteroatoms. The summed E-state index contributed by atoms with van der Waals surface area (Å²) in [5.41, 5.74) is 3.83. The van der Waals surface area contributed by atoms with Crippen LogP contribution in [0.3, 0.4) is 0 Å². The molecule has 11 nitrogen and oxygen atoms in total. The number of pyridine rings is 1. The second-order valence-corrected chi connectivity index (χ2v) is 12.6.